The van der Waals surface area contributed by atoms with Crippen molar-refractivity contribution in [3.63, 3.8) is 0 Å². The molecule has 5 nitrogen and oxygen atoms in total. The molecule has 0 rings (SSSR count). The van der Waals surface area contributed by atoms with Gasteiger partial charge in [0.05, 0.1) is 6.04 Å². The number of nitrogens with one attached hydrogen (secondary N) is 2. The lowest BCUT2D eigenvalue weighted by molar-refractivity contribution is -0.161. The zero-order valence-corrected chi connectivity index (χ0v) is 14.3. The van der Waals surface area contributed by atoms with Crippen molar-refractivity contribution in [2.75, 3.05) is 6.54 Å². The van der Waals surface area contributed by atoms with Gasteiger partial charge in [-0.3, -0.25) is 9.59 Å². The van der Waals surface area contributed by atoms with Crippen molar-refractivity contribution in [2.24, 2.45) is 5.73 Å². The second kappa shape index (κ2) is 11.1. The maximum absolute atomic E-state index is 13.2. The van der Waals surface area contributed by atoms with E-state index >= 15 is 0 Å². The van der Waals surface area contributed by atoms with Crippen LogP contribution in [0.5, 0.6) is 0 Å². The Kier molecular flexibility index (Phi) is 10.3. The first-order valence-corrected chi connectivity index (χ1v) is 8.23. The van der Waals surface area contributed by atoms with Crippen molar-refractivity contribution in [1.29, 1.82) is 0 Å². The van der Waals surface area contributed by atoms with Crippen LogP contribution in [0.1, 0.15) is 52.4 Å². The Hall–Kier alpha value is -1.57. The highest BCUT2D eigenvalue weighted by Crippen LogP contribution is 2.25. The Morgan fingerprint density at radius 1 is 1.12 bits per heavy atom. The first-order valence-electron chi connectivity index (χ1n) is 8.23. The number of halogens is 3. The van der Waals surface area contributed by atoms with E-state index in [1.165, 1.54) is 6.92 Å². The molecule has 0 heterocycles. The highest BCUT2D eigenvalue weighted by molar-refractivity contribution is 5.93. The molecule has 140 valence electrons. The Morgan fingerprint density at radius 3 is 2.17 bits per heavy atom. The fourth-order valence-electron chi connectivity index (χ4n) is 2.30. The molecule has 0 bridgehead atoms. The van der Waals surface area contributed by atoms with E-state index < -0.39 is 35.6 Å². The molecule has 1 unspecified atom stereocenters. The summed E-state index contributed by atoms with van der Waals surface area (Å²) in [6, 6.07) is -3.74. The number of rotatable bonds is 12. The average molecular weight is 351 g/mol. The molecular weight excluding hydrogens is 323 g/mol. The molecule has 0 spiro atoms. The van der Waals surface area contributed by atoms with Crippen molar-refractivity contribution in [2.45, 2.75) is 70.6 Å². The zero-order chi connectivity index (χ0) is 18.8. The van der Waals surface area contributed by atoms with Gasteiger partial charge in [0, 0.05) is 12.0 Å². The summed E-state index contributed by atoms with van der Waals surface area (Å²) >= 11 is 0. The zero-order valence-electron chi connectivity index (χ0n) is 14.3. The summed E-state index contributed by atoms with van der Waals surface area (Å²) in [6.07, 6.45) is -0.0553. The van der Waals surface area contributed by atoms with Crippen LogP contribution in [0.25, 0.3) is 0 Å². The van der Waals surface area contributed by atoms with Crippen molar-refractivity contribution in [3.05, 3.63) is 12.2 Å². The van der Waals surface area contributed by atoms with Gasteiger partial charge in [0.15, 0.2) is 0 Å². The van der Waals surface area contributed by atoms with Crippen LogP contribution >= 0.6 is 0 Å². The summed E-state index contributed by atoms with van der Waals surface area (Å²) in [5, 5.41) is 4.50. The van der Waals surface area contributed by atoms with Crippen LogP contribution in [0.15, 0.2) is 12.2 Å². The fraction of sp³-hybridized carbons (Fsp3) is 0.750. The second-order valence-electron chi connectivity index (χ2n) is 5.68. The molecule has 0 fully saturated rings. The number of nitrogens with two attached hydrogens (primary N) is 1. The van der Waals surface area contributed by atoms with Gasteiger partial charge in [0.1, 0.15) is 6.04 Å². The number of primary amides is 1. The SMILES string of the molecule is C=C(C(N)=O)[C@@H](NC(=O)CCCCCCC)C(NCC)C(F)(F)F. The van der Waals surface area contributed by atoms with E-state index in [2.05, 4.69) is 24.1 Å². The van der Waals surface area contributed by atoms with Crippen LogP contribution in [-0.2, 0) is 9.59 Å². The molecule has 0 saturated carbocycles. The molecular formula is C16H28F3N3O2. The van der Waals surface area contributed by atoms with Crippen LogP contribution in [0.4, 0.5) is 13.2 Å². The molecule has 2 atom stereocenters. The largest absolute Gasteiger partial charge is 0.406 e. The van der Waals surface area contributed by atoms with Gasteiger partial charge in [-0.1, -0.05) is 46.1 Å². The topological polar surface area (TPSA) is 84.2 Å². The number of hydrogen-bond donors (Lipinski definition) is 3. The third-order valence-electron chi connectivity index (χ3n) is 3.63. The van der Waals surface area contributed by atoms with Crippen LogP contribution in [0.2, 0.25) is 0 Å². The van der Waals surface area contributed by atoms with Gasteiger partial charge in [0.25, 0.3) is 0 Å². The lowest BCUT2D eigenvalue weighted by Gasteiger charge is -2.30. The Balaban J connectivity index is 4.92. The van der Waals surface area contributed by atoms with E-state index in [4.69, 9.17) is 5.73 Å². The first kappa shape index (κ1) is 22.4. The molecule has 0 aromatic rings. The number of likely N-dealkylation sites (N-methyl/N-ethyl adjacent to an activating group) is 1. The maximum atomic E-state index is 13.2. The van der Waals surface area contributed by atoms with E-state index in [-0.39, 0.29) is 13.0 Å². The predicted octanol–water partition coefficient (Wildman–Crippen LogP) is 2.41. The van der Waals surface area contributed by atoms with Gasteiger partial charge >= 0.3 is 6.18 Å². The second-order valence-corrected chi connectivity index (χ2v) is 5.68. The highest BCUT2D eigenvalue weighted by atomic mass is 19.4. The summed E-state index contributed by atoms with van der Waals surface area (Å²) < 4.78 is 39.6. The van der Waals surface area contributed by atoms with Crippen molar-refractivity contribution in [1.82, 2.24) is 10.6 Å². The highest BCUT2D eigenvalue weighted by Gasteiger charge is 2.46. The van der Waals surface area contributed by atoms with Crippen molar-refractivity contribution >= 4 is 11.8 Å². The molecule has 4 N–H and O–H groups in total. The standard InChI is InChI=1S/C16H28F3N3O2/c1-4-6-7-8-9-10-12(23)22-13(11(3)15(20)24)14(21-5-2)16(17,18)19/h13-14,21H,3-10H2,1-2H3,(H2,20,24)(H,22,23)/t13-,14?/m1/s1. The van der Waals surface area contributed by atoms with E-state index in [1.807, 2.05) is 0 Å². The summed E-state index contributed by atoms with van der Waals surface area (Å²) in [5.74, 6) is -1.62. The molecule has 24 heavy (non-hydrogen) atoms. The molecule has 8 heteroatoms. The predicted molar refractivity (Wildman–Crippen MR) is 87.2 cm³/mol. The fourth-order valence-corrected chi connectivity index (χ4v) is 2.30. The molecule has 0 aromatic heterocycles. The van der Waals surface area contributed by atoms with E-state index in [0.717, 1.165) is 25.7 Å². The molecule has 0 aliphatic carbocycles. The molecule has 0 radical (unpaired) electrons. The minimum absolute atomic E-state index is 0.0135. The number of carbonyl (C=O) groups is 2. The average Bonchev–Trinajstić information content (AvgIpc) is 2.48. The van der Waals surface area contributed by atoms with Gasteiger partial charge in [0.2, 0.25) is 11.8 Å². The van der Waals surface area contributed by atoms with Gasteiger partial charge in [-0.2, -0.15) is 13.2 Å². The van der Waals surface area contributed by atoms with Crippen LogP contribution in [0.3, 0.4) is 0 Å². The Labute approximate surface area is 141 Å². The van der Waals surface area contributed by atoms with Crippen LogP contribution < -0.4 is 16.4 Å². The summed E-state index contributed by atoms with van der Waals surface area (Å²) in [7, 11) is 0. The molecule has 0 aromatic carbocycles. The Morgan fingerprint density at radius 2 is 1.71 bits per heavy atom. The number of amides is 2. The number of hydrogen-bond acceptors (Lipinski definition) is 3. The number of unbranched alkanes of at least 4 members (excludes halogenated alkanes) is 4. The van der Waals surface area contributed by atoms with Crippen molar-refractivity contribution in [3.8, 4) is 0 Å². The minimum Gasteiger partial charge on any atom is -0.366 e. The van der Waals surface area contributed by atoms with Gasteiger partial charge in [-0.25, -0.2) is 0 Å². The first-order chi connectivity index (χ1) is 11.1. The lowest BCUT2D eigenvalue weighted by Crippen LogP contribution is -2.59. The third-order valence-corrected chi connectivity index (χ3v) is 3.63. The summed E-state index contributed by atoms with van der Waals surface area (Å²) in [5.41, 5.74) is 4.59. The molecule has 0 aliphatic rings. The number of carbonyl (C=O) groups excluding carboxylic acids is 2. The van der Waals surface area contributed by atoms with Gasteiger partial charge in [-0.15, -0.1) is 0 Å². The van der Waals surface area contributed by atoms with Crippen LogP contribution in [-0.4, -0.2) is 36.6 Å². The van der Waals surface area contributed by atoms with Crippen LogP contribution in [0, 0.1) is 0 Å². The number of alkyl halides is 3. The summed E-state index contributed by atoms with van der Waals surface area (Å²) in [4.78, 5) is 23.2. The monoisotopic (exact) mass is 351 g/mol. The Bertz CT molecular complexity index is 425. The van der Waals surface area contributed by atoms with E-state index in [1.54, 1.807) is 0 Å². The van der Waals surface area contributed by atoms with E-state index in [0.29, 0.717) is 6.42 Å². The summed E-state index contributed by atoms with van der Waals surface area (Å²) in [6.45, 7) is 6.89. The van der Waals surface area contributed by atoms with E-state index in [9.17, 15) is 22.8 Å². The third kappa shape index (κ3) is 8.33. The smallest absolute Gasteiger partial charge is 0.366 e. The molecule has 2 amide bonds. The normalized spacial score (nSPS) is 14.0. The molecule has 0 aliphatic heterocycles. The quantitative estimate of drug-likeness (QED) is 0.373. The van der Waals surface area contributed by atoms with Gasteiger partial charge in [-0.05, 0) is 13.0 Å². The lowest BCUT2D eigenvalue weighted by atomic mass is 9.98. The minimum atomic E-state index is -4.66. The van der Waals surface area contributed by atoms with Gasteiger partial charge < -0.3 is 16.4 Å². The maximum Gasteiger partial charge on any atom is 0.406 e. The van der Waals surface area contributed by atoms with Crippen molar-refractivity contribution < 1.29 is 22.8 Å². The molecule has 0 saturated heterocycles.